The maximum Gasteiger partial charge on any atom is 0.245 e. The van der Waals surface area contributed by atoms with Crippen LogP contribution in [0.25, 0.3) is 11.0 Å². The fourth-order valence-corrected chi connectivity index (χ4v) is 4.49. The Labute approximate surface area is 139 Å². The summed E-state index contributed by atoms with van der Waals surface area (Å²) in [7, 11) is -3.57. The number of piperazine rings is 1. The molecule has 0 aliphatic carbocycles. The van der Waals surface area contributed by atoms with Gasteiger partial charge >= 0.3 is 0 Å². The SMILES string of the molecule is O=S(=O)(c1c[nH]c2ncncc12)N1CCN(c2ccncc2)CC1. The van der Waals surface area contributed by atoms with Gasteiger partial charge in [0, 0.05) is 56.7 Å². The number of H-pyrrole nitrogens is 1. The minimum absolute atomic E-state index is 0.232. The van der Waals surface area contributed by atoms with E-state index in [0.717, 1.165) is 5.69 Å². The number of sulfonamides is 1. The first-order valence-corrected chi connectivity index (χ1v) is 9.02. The Hall–Kier alpha value is -2.52. The van der Waals surface area contributed by atoms with Crippen LogP contribution < -0.4 is 4.90 Å². The molecule has 8 nitrogen and oxygen atoms in total. The number of aromatic amines is 1. The maximum absolute atomic E-state index is 12.9. The highest BCUT2D eigenvalue weighted by Gasteiger charge is 2.30. The number of aromatic nitrogens is 4. The molecule has 0 spiro atoms. The van der Waals surface area contributed by atoms with E-state index < -0.39 is 10.0 Å². The summed E-state index contributed by atoms with van der Waals surface area (Å²) < 4.78 is 27.4. The minimum Gasteiger partial charge on any atom is -0.369 e. The number of fused-ring (bicyclic) bond motifs is 1. The predicted octanol–water partition coefficient (Wildman–Crippen LogP) is 0.864. The molecule has 3 aromatic heterocycles. The molecule has 1 saturated heterocycles. The van der Waals surface area contributed by atoms with Crippen molar-refractivity contribution in [3.63, 3.8) is 0 Å². The van der Waals surface area contributed by atoms with Crippen LogP contribution in [0.2, 0.25) is 0 Å². The van der Waals surface area contributed by atoms with Gasteiger partial charge in [0.15, 0.2) is 0 Å². The molecule has 0 radical (unpaired) electrons. The Bertz CT molecular complexity index is 948. The van der Waals surface area contributed by atoms with Crippen molar-refractivity contribution in [2.45, 2.75) is 4.90 Å². The van der Waals surface area contributed by atoms with Gasteiger partial charge in [0.05, 0.1) is 5.39 Å². The Morgan fingerprint density at radius 2 is 1.79 bits per heavy atom. The molecule has 1 aliphatic rings. The number of pyridine rings is 1. The van der Waals surface area contributed by atoms with E-state index in [0.29, 0.717) is 37.2 Å². The van der Waals surface area contributed by atoms with Crippen molar-refractivity contribution in [1.29, 1.82) is 0 Å². The molecule has 4 rings (SSSR count). The van der Waals surface area contributed by atoms with Gasteiger partial charge in [-0.15, -0.1) is 0 Å². The molecule has 24 heavy (non-hydrogen) atoms. The number of hydrogen-bond acceptors (Lipinski definition) is 6. The second-order valence-electron chi connectivity index (χ2n) is 5.53. The zero-order valence-corrected chi connectivity index (χ0v) is 13.6. The summed E-state index contributed by atoms with van der Waals surface area (Å²) in [5, 5.41) is 0.522. The van der Waals surface area contributed by atoms with Gasteiger partial charge in [-0.05, 0) is 12.1 Å². The van der Waals surface area contributed by atoms with Crippen LogP contribution in [0.1, 0.15) is 0 Å². The molecule has 4 heterocycles. The van der Waals surface area contributed by atoms with Gasteiger partial charge < -0.3 is 9.88 Å². The zero-order valence-electron chi connectivity index (χ0n) is 12.8. The molecule has 0 aromatic carbocycles. The number of hydrogen-bond donors (Lipinski definition) is 1. The van der Waals surface area contributed by atoms with Crippen LogP contribution in [-0.4, -0.2) is 58.8 Å². The molecule has 1 aliphatic heterocycles. The molecule has 0 bridgehead atoms. The first kappa shape index (κ1) is 15.0. The summed E-state index contributed by atoms with van der Waals surface area (Å²) in [6, 6.07) is 3.86. The number of rotatable bonds is 3. The third kappa shape index (κ3) is 2.51. The van der Waals surface area contributed by atoms with Crippen LogP contribution >= 0.6 is 0 Å². The average molecular weight is 344 g/mol. The fourth-order valence-electron chi connectivity index (χ4n) is 2.93. The van der Waals surface area contributed by atoms with Gasteiger partial charge in [0.1, 0.15) is 16.9 Å². The Morgan fingerprint density at radius 3 is 2.54 bits per heavy atom. The summed E-state index contributed by atoms with van der Waals surface area (Å²) in [4.78, 5) is 17.3. The van der Waals surface area contributed by atoms with E-state index in [1.54, 1.807) is 12.4 Å². The van der Waals surface area contributed by atoms with Crippen molar-refractivity contribution in [3.8, 4) is 0 Å². The van der Waals surface area contributed by atoms with Crippen LogP contribution in [0.15, 0.2) is 48.1 Å². The molecule has 1 fully saturated rings. The third-order valence-electron chi connectivity index (χ3n) is 4.20. The topological polar surface area (TPSA) is 95.1 Å². The highest BCUT2D eigenvalue weighted by Crippen LogP contribution is 2.25. The van der Waals surface area contributed by atoms with Crippen molar-refractivity contribution < 1.29 is 8.42 Å². The minimum atomic E-state index is -3.57. The van der Waals surface area contributed by atoms with Crippen LogP contribution in [0.3, 0.4) is 0 Å². The van der Waals surface area contributed by atoms with Crippen molar-refractivity contribution >= 4 is 26.7 Å². The smallest absolute Gasteiger partial charge is 0.245 e. The van der Waals surface area contributed by atoms with Gasteiger partial charge in [0.2, 0.25) is 10.0 Å². The lowest BCUT2D eigenvalue weighted by Gasteiger charge is -2.35. The van der Waals surface area contributed by atoms with E-state index in [-0.39, 0.29) is 4.90 Å². The largest absolute Gasteiger partial charge is 0.369 e. The normalized spacial score (nSPS) is 16.6. The molecule has 9 heteroatoms. The van der Waals surface area contributed by atoms with Crippen molar-refractivity contribution in [3.05, 3.63) is 43.2 Å². The van der Waals surface area contributed by atoms with E-state index in [9.17, 15) is 8.42 Å². The van der Waals surface area contributed by atoms with E-state index in [1.165, 1.54) is 23.0 Å². The zero-order chi connectivity index (χ0) is 16.6. The van der Waals surface area contributed by atoms with Gasteiger partial charge in [-0.2, -0.15) is 4.31 Å². The lowest BCUT2D eigenvalue weighted by Crippen LogP contribution is -2.48. The summed E-state index contributed by atoms with van der Waals surface area (Å²) >= 11 is 0. The molecular weight excluding hydrogens is 328 g/mol. The van der Waals surface area contributed by atoms with Gasteiger partial charge in [0.25, 0.3) is 0 Å². The van der Waals surface area contributed by atoms with E-state index >= 15 is 0 Å². The highest BCUT2D eigenvalue weighted by atomic mass is 32.2. The van der Waals surface area contributed by atoms with E-state index in [4.69, 9.17) is 0 Å². The predicted molar refractivity (Wildman–Crippen MR) is 89.1 cm³/mol. The summed E-state index contributed by atoms with van der Waals surface area (Å²) in [6.07, 6.45) is 7.89. The summed E-state index contributed by atoms with van der Waals surface area (Å²) in [5.41, 5.74) is 1.58. The molecule has 3 aromatic rings. The second-order valence-corrected chi connectivity index (χ2v) is 7.44. The quantitative estimate of drug-likeness (QED) is 0.757. The molecule has 1 N–H and O–H groups in total. The standard InChI is InChI=1S/C15H16N6O2S/c22-24(23,14-10-18-15-13(14)9-17-11-19-15)21-7-5-20(6-8-21)12-1-3-16-4-2-12/h1-4,9-11H,5-8H2,(H,17,18,19). The highest BCUT2D eigenvalue weighted by molar-refractivity contribution is 7.89. The second kappa shape index (κ2) is 5.84. The van der Waals surface area contributed by atoms with E-state index in [1.807, 2.05) is 12.1 Å². The lowest BCUT2D eigenvalue weighted by atomic mass is 10.3. The molecule has 124 valence electrons. The van der Waals surface area contributed by atoms with Crippen molar-refractivity contribution in [1.82, 2.24) is 24.2 Å². The van der Waals surface area contributed by atoms with Crippen LogP contribution in [0.4, 0.5) is 5.69 Å². The Morgan fingerprint density at radius 1 is 1.04 bits per heavy atom. The summed E-state index contributed by atoms with van der Waals surface area (Å²) in [6.45, 7) is 2.15. The lowest BCUT2D eigenvalue weighted by molar-refractivity contribution is 0.385. The summed E-state index contributed by atoms with van der Waals surface area (Å²) in [5.74, 6) is 0. The molecule has 0 unspecified atom stereocenters. The number of nitrogens with zero attached hydrogens (tertiary/aromatic N) is 5. The van der Waals surface area contributed by atoms with Crippen LogP contribution in [-0.2, 0) is 10.0 Å². The van der Waals surface area contributed by atoms with Gasteiger partial charge in [-0.1, -0.05) is 0 Å². The monoisotopic (exact) mass is 344 g/mol. The molecule has 0 atom stereocenters. The van der Waals surface area contributed by atoms with Crippen molar-refractivity contribution in [2.75, 3.05) is 31.1 Å². The van der Waals surface area contributed by atoms with Crippen LogP contribution in [0, 0.1) is 0 Å². The van der Waals surface area contributed by atoms with Crippen molar-refractivity contribution in [2.24, 2.45) is 0 Å². The maximum atomic E-state index is 12.9. The third-order valence-corrected chi connectivity index (χ3v) is 6.14. The van der Waals surface area contributed by atoms with Gasteiger partial charge in [-0.3, -0.25) is 4.98 Å². The number of nitrogens with one attached hydrogen (secondary N) is 1. The first-order valence-electron chi connectivity index (χ1n) is 7.58. The van der Waals surface area contributed by atoms with Gasteiger partial charge in [-0.25, -0.2) is 18.4 Å². The Kier molecular flexibility index (Phi) is 3.66. The average Bonchev–Trinajstić information content (AvgIpc) is 3.07. The van der Waals surface area contributed by atoms with E-state index in [2.05, 4.69) is 24.8 Å². The first-order chi connectivity index (χ1) is 11.7. The number of anilines is 1. The molecule has 0 amide bonds. The molecular formula is C15H16N6O2S. The Balaban J connectivity index is 1.56. The van der Waals surface area contributed by atoms with Crippen LogP contribution in [0.5, 0.6) is 0 Å². The fraction of sp³-hybridized carbons (Fsp3) is 0.267. The molecule has 0 saturated carbocycles.